The molecule has 0 N–H and O–H groups in total. The smallest absolute Gasteiger partial charge is 0.285 e. The van der Waals surface area contributed by atoms with E-state index in [1.807, 2.05) is 48.3 Å². The predicted molar refractivity (Wildman–Crippen MR) is 78.1 cm³/mol. The van der Waals surface area contributed by atoms with Crippen LogP contribution in [0.15, 0.2) is 63.9 Å². The summed E-state index contributed by atoms with van der Waals surface area (Å²) in [5.41, 5.74) is 1.78. The highest BCUT2D eigenvalue weighted by atomic mass is 32.2. The van der Waals surface area contributed by atoms with Gasteiger partial charge in [-0.1, -0.05) is 42.5 Å². The molecule has 20 heavy (non-hydrogen) atoms. The van der Waals surface area contributed by atoms with Crippen molar-refractivity contribution in [2.45, 2.75) is 11.4 Å². The predicted octanol–water partition coefficient (Wildman–Crippen LogP) is 2.27. The minimum absolute atomic E-state index is 0.287. The summed E-state index contributed by atoms with van der Waals surface area (Å²) in [6, 6.07) is 16.8. The third kappa shape index (κ3) is 2.20. The molecular formula is C15H14N2O2S. The van der Waals surface area contributed by atoms with Crippen molar-refractivity contribution in [2.75, 3.05) is 7.05 Å². The van der Waals surface area contributed by atoms with E-state index in [1.54, 1.807) is 18.2 Å². The van der Waals surface area contributed by atoms with Gasteiger partial charge in [-0.15, -0.1) is 4.40 Å². The Kier molecular flexibility index (Phi) is 3.06. The number of fused-ring (bicyclic) bond motifs is 1. The van der Waals surface area contributed by atoms with Crippen LogP contribution in [-0.4, -0.2) is 26.2 Å². The second-order valence-electron chi connectivity index (χ2n) is 4.73. The van der Waals surface area contributed by atoms with Crippen LogP contribution in [0.2, 0.25) is 0 Å². The lowest BCUT2D eigenvalue weighted by molar-refractivity contribution is 0.502. The number of nitrogens with zero attached hydrogens (tertiary/aromatic N) is 2. The Bertz CT molecular complexity index is 767. The van der Waals surface area contributed by atoms with Crippen LogP contribution < -0.4 is 0 Å². The van der Waals surface area contributed by atoms with Gasteiger partial charge in [0.15, 0.2) is 5.84 Å². The largest absolute Gasteiger partial charge is 0.354 e. The number of rotatable bonds is 2. The molecule has 0 spiro atoms. The average Bonchev–Trinajstić information content (AvgIpc) is 2.73. The fraction of sp³-hybridized carbons (Fsp3) is 0.133. The van der Waals surface area contributed by atoms with Gasteiger partial charge in [0.1, 0.15) is 4.90 Å². The molecule has 0 saturated carbocycles. The molecule has 0 atom stereocenters. The fourth-order valence-electron chi connectivity index (χ4n) is 2.30. The van der Waals surface area contributed by atoms with E-state index in [0.717, 1.165) is 5.56 Å². The first-order valence-corrected chi connectivity index (χ1v) is 7.71. The summed E-state index contributed by atoms with van der Waals surface area (Å²) in [7, 11) is -1.70. The SMILES string of the molecule is CN(Cc1ccccc1)C1=NS(=O)(=O)c2ccccc21. The van der Waals surface area contributed by atoms with Crippen molar-refractivity contribution in [1.29, 1.82) is 0 Å². The van der Waals surface area contributed by atoms with Crippen LogP contribution in [-0.2, 0) is 16.6 Å². The molecule has 102 valence electrons. The van der Waals surface area contributed by atoms with Crippen molar-refractivity contribution in [3.05, 3.63) is 65.7 Å². The van der Waals surface area contributed by atoms with E-state index in [-0.39, 0.29) is 4.90 Å². The number of sulfonamides is 1. The molecule has 1 aliphatic heterocycles. The molecule has 0 saturated heterocycles. The van der Waals surface area contributed by atoms with E-state index >= 15 is 0 Å². The van der Waals surface area contributed by atoms with E-state index in [4.69, 9.17) is 0 Å². The maximum absolute atomic E-state index is 12.0. The lowest BCUT2D eigenvalue weighted by Gasteiger charge is -2.19. The lowest BCUT2D eigenvalue weighted by Crippen LogP contribution is -2.25. The van der Waals surface area contributed by atoms with Crippen LogP contribution in [0.3, 0.4) is 0 Å². The molecule has 2 aromatic carbocycles. The van der Waals surface area contributed by atoms with Crippen molar-refractivity contribution in [1.82, 2.24) is 4.90 Å². The number of benzene rings is 2. The van der Waals surface area contributed by atoms with Crippen LogP contribution in [0.4, 0.5) is 0 Å². The summed E-state index contributed by atoms with van der Waals surface area (Å²) in [4.78, 5) is 2.15. The molecule has 3 rings (SSSR count). The maximum atomic E-state index is 12.0. The van der Waals surface area contributed by atoms with Gasteiger partial charge in [0.2, 0.25) is 0 Å². The molecule has 2 aromatic rings. The van der Waals surface area contributed by atoms with Crippen molar-refractivity contribution >= 4 is 15.9 Å². The van der Waals surface area contributed by atoms with Gasteiger partial charge in [-0.3, -0.25) is 0 Å². The molecule has 0 unspecified atom stereocenters. The van der Waals surface area contributed by atoms with Gasteiger partial charge in [0.25, 0.3) is 10.0 Å². The lowest BCUT2D eigenvalue weighted by atomic mass is 10.1. The van der Waals surface area contributed by atoms with E-state index in [9.17, 15) is 8.42 Å². The van der Waals surface area contributed by atoms with E-state index in [0.29, 0.717) is 17.9 Å². The Morgan fingerprint density at radius 3 is 2.40 bits per heavy atom. The Hall–Kier alpha value is -2.14. The first kappa shape index (κ1) is 12.9. The zero-order valence-electron chi connectivity index (χ0n) is 11.0. The Labute approximate surface area is 118 Å². The number of hydrogen-bond donors (Lipinski definition) is 0. The van der Waals surface area contributed by atoms with Gasteiger partial charge >= 0.3 is 0 Å². The second kappa shape index (κ2) is 4.76. The highest BCUT2D eigenvalue weighted by Crippen LogP contribution is 2.27. The summed E-state index contributed by atoms with van der Waals surface area (Å²) in [6.45, 7) is 0.615. The van der Waals surface area contributed by atoms with Gasteiger partial charge in [0.05, 0.1) is 0 Å². The van der Waals surface area contributed by atoms with Crippen molar-refractivity contribution in [2.24, 2.45) is 4.40 Å². The standard InChI is InChI=1S/C15H14N2O2S/c1-17(11-12-7-3-2-4-8-12)15-13-9-5-6-10-14(13)20(18,19)16-15/h2-10H,11H2,1H3. The first-order chi connectivity index (χ1) is 9.58. The van der Waals surface area contributed by atoms with Crippen LogP contribution in [0.1, 0.15) is 11.1 Å². The highest BCUT2D eigenvalue weighted by molar-refractivity contribution is 7.90. The van der Waals surface area contributed by atoms with E-state index in [2.05, 4.69) is 4.40 Å². The molecule has 5 heteroatoms. The monoisotopic (exact) mass is 286 g/mol. The Balaban J connectivity index is 1.96. The van der Waals surface area contributed by atoms with Gasteiger partial charge in [0, 0.05) is 19.2 Å². The van der Waals surface area contributed by atoms with Crippen LogP contribution in [0.5, 0.6) is 0 Å². The molecule has 0 amide bonds. The topological polar surface area (TPSA) is 49.7 Å². The molecule has 0 aliphatic carbocycles. The minimum Gasteiger partial charge on any atom is -0.354 e. The van der Waals surface area contributed by atoms with Gasteiger partial charge in [-0.05, 0) is 17.7 Å². The summed E-state index contributed by atoms with van der Waals surface area (Å²) >= 11 is 0. The van der Waals surface area contributed by atoms with Crippen LogP contribution in [0, 0.1) is 0 Å². The number of amidine groups is 1. The van der Waals surface area contributed by atoms with Crippen LogP contribution >= 0.6 is 0 Å². The fourth-order valence-corrected chi connectivity index (χ4v) is 3.55. The zero-order valence-corrected chi connectivity index (χ0v) is 11.8. The van der Waals surface area contributed by atoms with Crippen molar-refractivity contribution < 1.29 is 8.42 Å². The molecule has 0 bridgehead atoms. The van der Waals surface area contributed by atoms with Crippen molar-refractivity contribution in [3.63, 3.8) is 0 Å². The summed E-state index contributed by atoms with van der Waals surface area (Å²) in [5, 5.41) is 0. The average molecular weight is 286 g/mol. The Morgan fingerprint density at radius 2 is 1.65 bits per heavy atom. The van der Waals surface area contributed by atoms with Gasteiger partial charge in [-0.25, -0.2) is 0 Å². The number of hydrogen-bond acceptors (Lipinski definition) is 3. The molecule has 0 fully saturated rings. The summed E-state index contributed by atoms with van der Waals surface area (Å²) in [6.07, 6.45) is 0. The highest BCUT2D eigenvalue weighted by Gasteiger charge is 2.30. The third-order valence-electron chi connectivity index (χ3n) is 3.24. The zero-order chi connectivity index (χ0) is 14.2. The van der Waals surface area contributed by atoms with Gasteiger partial charge < -0.3 is 4.90 Å². The van der Waals surface area contributed by atoms with E-state index in [1.165, 1.54) is 0 Å². The molecule has 0 aromatic heterocycles. The molecule has 1 heterocycles. The molecule has 0 radical (unpaired) electrons. The van der Waals surface area contributed by atoms with Crippen molar-refractivity contribution in [3.8, 4) is 0 Å². The summed E-state index contributed by atoms with van der Waals surface area (Å²) < 4.78 is 27.9. The molecule has 1 aliphatic rings. The molecular weight excluding hydrogens is 272 g/mol. The normalized spacial score (nSPS) is 15.6. The third-order valence-corrected chi connectivity index (χ3v) is 4.56. The Morgan fingerprint density at radius 1 is 1.00 bits per heavy atom. The maximum Gasteiger partial charge on any atom is 0.285 e. The minimum atomic E-state index is -3.55. The summed E-state index contributed by atoms with van der Waals surface area (Å²) in [5.74, 6) is 0.504. The first-order valence-electron chi connectivity index (χ1n) is 6.27. The molecule has 4 nitrogen and oxygen atoms in total. The van der Waals surface area contributed by atoms with Crippen LogP contribution in [0.25, 0.3) is 0 Å². The van der Waals surface area contributed by atoms with Gasteiger partial charge in [-0.2, -0.15) is 8.42 Å². The van der Waals surface area contributed by atoms with E-state index < -0.39 is 10.0 Å². The second-order valence-corrected chi connectivity index (χ2v) is 6.30. The quantitative estimate of drug-likeness (QED) is 0.851.